The van der Waals surface area contributed by atoms with E-state index < -0.39 is 0 Å². The zero-order valence-corrected chi connectivity index (χ0v) is 9.34. The Balaban J connectivity index is 2.29. The molecule has 1 fully saturated rings. The molecule has 1 aromatic rings. The maximum absolute atomic E-state index is 4.55. The molecule has 68 valence electrons. The minimum atomic E-state index is 1.11. The fraction of sp³-hybridized carbons (Fsp3) is 0.300. The minimum absolute atomic E-state index is 1.11. The number of nitrogens with zero attached hydrogens (tertiary/aromatic N) is 1. The number of rotatable bonds is 1. The van der Waals surface area contributed by atoms with Crippen LogP contribution in [0.15, 0.2) is 23.2 Å². The molecular weight excluding hydrogens is 198 g/mol. The third-order valence-electron chi connectivity index (χ3n) is 1.93. The van der Waals surface area contributed by atoms with Gasteiger partial charge >= 0.3 is 0 Å². The molecule has 1 saturated heterocycles. The average molecular weight is 209 g/mol. The maximum Gasteiger partial charge on any atom is 0.132 e. The number of aliphatic imine (C=N–C) groups is 1. The van der Waals surface area contributed by atoms with Crippen LogP contribution in [0.2, 0.25) is 0 Å². The first-order valence-corrected chi connectivity index (χ1v) is 6.14. The van der Waals surface area contributed by atoms with E-state index in [1.807, 2.05) is 23.5 Å². The summed E-state index contributed by atoms with van der Waals surface area (Å²) in [6.45, 7) is 4.22. The Morgan fingerprint density at radius 2 is 2.00 bits per heavy atom. The van der Waals surface area contributed by atoms with Crippen molar-refractivity contribution >= 4 is 33.6 Å². The average Bonchev–Trinajstić information content (AvgIpc) is 1.99. The molecule has 1 heterocycles. The van der Waals surface area contributed by atoms with Crippen LogP contribution in [-0.4, -0.2) is 9.46 Å². The van der Waals surface area contributed by atoms with Crippen LogP contribution in [0.4, 0.5) is 5.69 Å². The summed E-state index contributed by atoms with van der Waals surface area (Å²) < 4.78 is 1.20. The van der Waals surface area contributed by atoms with Crippen molar-refractivity contribution in [2.75, 3.05) is 5.08 Å². The first-order chi connectivity index (χ1) is 6.25. The zero-order chi connectivity index (χ0) is 9.26. The highest BCUT2D eigenvalue weighted by Crippen LogP contribution is 2.35. The second-order valence-electron chi connectivity index (χ2n) is 3.07. The molecule has 0 radical (unpaired) electrons. The Morgan fingerprint density at radius 1 is 1.23 bits per heavy atom. The van der Waals surface area contributed by atoms with Gasteiger partial charge in [0.05, 0.1) is 10.8 Å². The van der Waals surface area contributed by atoms with Crippen molar-refractivity contribution in [3.63, 3.8) is 0 Å². The molecule has 0 aromatic heterocycles. The molecule has 1 nitrogen and oxygen atoms in total. The predicted octanol–water partition coefficient (Wildman–Crippen LogP) is 3.73. The summed E-state index contributed by atoms with van der Waals surface area (Å²) in [6, 6.07) is 6.38. The largest absolute Gasteiger partial charge is 0.235 e. The van der Waals surface area contributed by atoms with Gasteiger partial charge in [-0.05, 0) is 25.5 Å². The molecule has 0 N–H and O–H groups in total. The van der Waals surface area contributed by atoms with Crippen molar-refractivity contribution in [3.8, 4) is 0 Å². The van der Waals surface area contributed by atoms with Crippen LogP contribution in [-0.2, 0) is 0 Å². The van der Waals surface area contributed by atoms with Crippen LogP contribution < -0.4 is 0 Å². The van der Waals surface area contributed by atoms with E-state index in [2.05, 4.69) is 37.0 Å². The molecule has 0 saturated carbocycles. The third kappa shape index (κ3) is 2.09. The van der Waals surface area contributed by atoms with Gasteiger partial charge in [-0.25, -0.2) is 4.99 Å². The van der Waals surface area contributed by atoms with Crippen LogP contribution >= 0.6 is 23.5 Å². The topological polar surface area (TPSA) is 12.4 Å². The van der Waals surface area contributed by atoms with Crippen LogP contribution in [0.5, 0.6) is 0 Å². The van der Waals surface area contributed by atoms with Crippen molar-refractivity contribution in [2.24, 2.45) is 4.99 Å². The first kappa shape index (κ1) is 9.16. The number of thioether (sulfide) groups is 2. The lowest BCUT2D eigenvalue weighted by Crippen LogP contribution is -1.97. The van der Waals surface area contributed by atoms with Gasteiger partial charge in [-0.15, -0.1) is 0 Å². The van der Waals surface area contributed by atoms with Gasteiger partial charge in [0.1, 0.15) is 4.38 Å². The van der Waals surface area contributed by atoms with Crippen molar-refractivity contribution in [1.82, 2.24) is 0 Å². The van der Waals surface area contributed by atoms with Gasteiger partial charge in [0, 0.05) is 0 Å². The van der Waals surface area contributed by atoms with Crippen molar-refractivity contribution in [1.29, 1.82) is 0 Å². The summed E-state index contributed by atoms with van der Waals surface area (Å²) in [5, 5.41) is 1.16. The van der Waals surface area contributed by atoms with E-state index in [0.29, 0.717) is 0 Å². The van der Waals surface area contributed by atoms with Crippen molar-refractivity contribution in [2.45, 2.75) is 13.8 Å². The van der Waals surface area contributed by atoms with Crippen molar-refractivity contribution in [3.05, 3.63) is 29.3 Å². The first-order valence-electron chi connectivity index (χ1n) is 4.17. The van der Waals surface area contributed by atoms with E-state index in [9.17, 15) is 0 Å². The Kier molecular flexibility index (Phi) is 2.65. The SMILES string of the molecule is Cc1ccc(N=C2SCS2)c(C)c1. The third-order valence-corrected chi connectivity index (χ3v) is 4.26. The molecule has 0 unspecified atom stereocenters. The van der Waals surface area contributed by atoms with E-state index in [0.717, 1.165) is 10.8 Å². The van der Waals surface area contributed by atoms with E-state index in [1.165, 1.54) is 15.5 Å². The van der Waals surface area contributed by atoms with Gasteiger partial charge in [-0.1, -0.05) is 41.2 Å². The number of benzene rings is 1. The lowest BCUT2D eigenvalue weighted by molar-refractivity contribution is 1.35. The van der Waals surface area contributed by atoms with E-state index >= 15 is 0 Å². The van der Waals surface area contributed by atoms with E-state index in [1.54, 1.807) is 0 Å². The summed E-state index contributed by atoms with van der Waals surface area (Å²) >= 11 is 3.65. The number of hydrogen-bond donors (Lipinski definition) is 0. The molecule has 3 heteroatoms. The molecule has 13 heavy (non-hydrogen) atoms. The van der Waals surface area contributed by atoms with Crippen LogP contribution in [0.3, 0.4) is 0 Å². The molecule has 0 atom stereocenters. The molecule has 0 spiro atoms. The fourth-order valence-electron chi connectivity index (χ4n) is 1.21. The number of aryl methyl sites for hydroxylation is 2. The van der Waals surface area contributed by atoms with Crippen molar-refractivity contribution < 1.29 is 0 Å². The predicted molar refractivity (Wildman–Crippen MR) is 63.1 cm³/mol. The Bertz CT molecular complexity index is 352. The van der Waals surface area contributed by atoms with Gasteiger partial charge in [-0.2, -0.15) is 0 Å². The second kappa shape index (κ2) is 3.76. The summed E-state index contributed by atoms with van der Waals surface area (Å²) in [6.07, 6.45) is 0. The fourth-order valence-corrected chi connectivity index (χ4v) is 2.42. The Labute approximate surface area is 87.0 Å². The van der Waals surface area contributed by atoms with Gasteiger partial charge < -0.3 is 0 Å². The highest BCUT2D eigenvalue weighted by molar-refractivity contribution is 8.52. The highest BCUT2D eigenvalue weighted by atomic mass is 32.3. The van der Waals surface area contributed by atoms with E-state index in [4.69, 9.17) is 0 Å². The second-order valence-corrected chi connectivity index (χ2v) is 5.63. The van der Waals surface area contributed by atoms with Gasteiger partial charge in [0.15, 0.2) is 0 Å². The lowest BCUT2D eigenvalue weighted by atomic mass is 10.1. The molecule has 1 aliphatic rings. The summed E-state index contributed by atoms with van der Waals surface area (Å²) in [5.74, 6) is 0. The Morgan fingerprint density at radius 3 is 2.54 bits per heavy atom. The molecule has 0 amide bonds. The normalized spacial score (nSPS) is 15.4. The maximum atomic E-state index is 4.55. The van der Waals surface area contributed by atoms with Gasteiger partial charge in [0.2, 0.25) is 0 Å². The molecule has 2 rings (SSSR count). The lowest BCUT2D eigenvalue weighted by Gasteiger charge is -2.13. The smallest absolute Gasteiger partial charge is 0.132 e. The summed E-state index contributed by atoms with van der Waals surface area (Å²) in [5.41, 5.74) is 3.68. The summed E-state index contributed by atoms with van der Waals surface area (Å²) in [7, 11) is 0. The molecule has 0 bridgehead atoms. The van der Waals surface area contributed by atoms with Crippen LogP contribution in [0.25, 0.3) is 0 Å². The molecular formula is C10H11NS2. The number of hydrogen-bond acceptors (Lipinski definition) is 3. The zero-order valence-electron chi connectivity index (χ0n) is 7.70. The minimum Gasteiger partial charge on any atom is -0.235 e. The monoisotopic (exact) mass is 209 g/mol. The quantitative estimate of drug-likeness (QED) is 0.698. The molecule has 0 aliphatic carbocycles. The molecule has 1 aliphatic heterocycles. The van der Waals surface area contributed by atoms with E-state index in [-0.39, 0.29) is 0 Å². The van der Waals surface area contributed by atoms with Gasteiger partial charge in [0.25, 0.3) is 0 Å². The van der Waals surface area contributed by atoms with Gasteiger partial charge in [-0.3, -0.25) is 0 Å². The standard InChI is InChI=1S/C10H11NS2/c1-7-3-4-9(8(2)5-7)11-10-12-6-13-10/h3-5H,6H2,1-2H3. The van der Waals surface area contributed by atoms with Crippen LogP contribution in [0.1, 0.15) is 11.1 Å². The molecule has 1 aromatic carbocycles. The summed E-state index contributed by atoms with van der Waals surface area (Å²) in [4.78, 5) is 4.55. The highest BCUT2D eigenvalue weighted by Gasteiger charge is 2.12. The Hall–Kier alpha value is -0.410. The van der Waals surface area contributed by atoms with Crippen LogP contribution in [0, 0.1) is 13.8 Å².